The van der Waals surface area contributed by atoms with Crippen LogP contribution in [0.25, 0.3) is 0 Å². The van der Waals surface area contributed by atoms with Gasteiger partial charge in [0.2, 0.25) is 11.7 Å². The molecule has 1 atom stereocenters. The molecule has 8 heteroatoms. The normalized spacial score (nSPS) is 20.0. The zero-order chi connectivity index (χ0) is 17.6. The van der Waals surface area contributed by atoms with Gasteiger partial charge in [-0.3, -0.25) is 9.69 Å². The lowest BCUT2D eigenvalue weighted by Crippen LogP contribution is -2.39. The molecule has 0 aromatic heterocycles. The van der Waals surface area contributed by atoms with Crippen LogP contribution in [0, 0.1) is 4.91 Å². The quantitative estimate of drug-likeness (QED) is 0.741. The molecule has 3 rings (SSSR count). The second-order valence-corrected chi connectivity index (χ2v) is 6.07. The number of amides is 1. The molecule has 136 valence electrons. The number of benzene rings is 1. The summed E-state index contributed by atoms with van der Waals surface area (Å²) in [5, 5.41) is 2.85. The van der Waals surface area contributed by atoms with Crippen LogP contribution in [0.1, 0.15) is 12.8 Å². The number of carbonyl (C=O) groups is 1. The summed E-state index contributed by atoms with van der Waals surface area (Å²) in [6.07, 6.45) is 0.245. The zero-order valence-electron chi connectivity index (χ0n) is 14.4. The maximum atomic E-state index is 12.2. The van der Waals surface area contributed by atoms with Crippen LogP contribution in [0.15, 0.2) is 18.2 Å². The SMILES string of the molecule is COc1ccc2c(c1)OC(CCNC(=O)CCN1CCOCC1)[N+]2=O. The molecule has 8 nitrogen and oxygen atoms in total. The topological polar surface area (TPSA) is 80.1 Å². The van der Waals surface area contributed by atoms with Crippen molar-refractivity contribution >= 4 is 11.6 Å². The molecule has 1 aromatic rings. The molecule has 1 amide bonds. The van der Waals surface area contributed by atoms with Crippen molar-refractivity contribution in [3.8, 4) is 11.5 Å². The lowest BCUT2D eigenvalue weighted by molar-refractivity contribution is -0.529. The first-order valence-corrected chi connectivity index (χ1v) is 8.55. The average molecular weight is 350 g/mol. The number of nitroso groups, excluding NO2 is 1. The van der Waals surface area contributed by atoms with Crippen molar-refractivity contribution in [3.05, 3.63) is 23.1 Å². The van der Waals surface area contributed by atoms with Gasteiger partial charge in [0.25, 0.3) is 0 Å². The van der Waals surface area contributed by atoms with Crippen molar-refractivity contribution in [1.82, 2.24) is 10.2 Å². The summed E-state index contributed by atoms with van der Waals surface area (Å²) in [5.74, 6) is 1.14. The van der Waals surface area contributed by atoms with Crippen LogP contribution < -0.4 is 14.8 Å². The second kappa shape index (κ2) is 8.26. The van der Waals surface area contributed by atoms with Gasteiger partial charge in [0.05, 0.1) is 31.5 Å². The minimum Gasteiger partial charge on any atom is -0.497 e. The minimum atomic E-state index is -0.623. The van der Waals surface area contributed by atoms with E-state index >= 15 is 0 Å². The average Bonchev–Trinajstić information content (AvgIpc) is 2.96. The first-order valence-electron chi connectivity index (χ1n) is 8.55. The largest absolute Gasteiger partial charge is 0.497 e. The molecule has 2 aliphatic rings. The molecule has 0 saturated carbocycles. The Kier molecular flexibility index (Phi) is 5.83. The van der Waals surface area contributed by atoms with Crippen molar-refractivity contribution < 1.29 is 23.8 Å². The van der Waals surface area contributed by atoms with Crippen LogP contribution in [0.5, 0.6) is 11.5 Å². The molecule has 0 aliphatic carbocycles. The summed E-state index contributed by atoms with van der Waals surface area (Å²) in [4.78, 5) is 26.4. The lowest BCUT2D eigenvalue weighted by Gasteiger charge is -2.26. The predicted octanol–water partition coefficient (Wildman–Crippen LogP) is 1.05. The van der Waals surface area contributed by atoms with E-state index in [0.717, 1.165) is 37.6 Å². The summed E-state index contributed by atoms with van der Waals surface area (Å²) >= 11 is 0. The Morgan fingerprint density at radius 1 is 1.40 bits per heavy atom. The highest BCUT2D eigenvalue weighted by molar-refractivity contribution is 5.76. The maximum absolute atomic E-state index is 12.2. The molecule has 0 radical (unpaired) electrons. The molecule has 1 N–H and O–H groups in total. The van der Waals surface area contributed by atoms with E-state index in [4.69, 9.17) is 14.2 Å². The van der Waals surface area contributed by atoms with Gasteiger partial charge in [-0.15, -0.1) is 0 Å². The van der Waals surface area contributed by atoms with Gasteiger partial charge in [0.1, 0.15) is 5.75 Å². The molecule has 1 unspecified atom stereocenters. The molecule has 0 bridgehead atoms. The van der Waals surface area contributed by atoms with E-state index in [1.54, 1.807) is 25.3 Å². The van der Waals surface area contributed by atoms with Crippen molar-refractivity contribution in [2.75, 3.05) is 46.5 Å². The van der Waals surface area contributed by atoms with Crippen molar-refractivity contribution in [3.63, 3.8) is 0 Å². The number of ether oxygens (including phenoxy) is 3. The molecule has 2 aliphatic heterocycles. The van der Waals surface area contributed by atoms with Gasteiger partial charge in [-0.05, 0) is 6.07 Å². The summed E-state index contributed by atoms with van der Waals surface area (Å²) < 4.78 is 16.9. The fourth-order valence-electron chi connectivity index (χ4n) is 2.93. The van der Waals surface area contributed by atoms with Crippen LogP contribution in [-0.4, -0.2) is 68.3 Å². The number of nitrogens with zero attached hydrogens (tertiary/aromatic N) is 2. The Morgan fingerprint density at radius 2 is 2.20 bits per heavy atom. The van der Waals surface area contributed by atoms with E-state index in [1.165, 1.54) is 0 Å². The van der Waals surface area contributed by atoms with Crippen LogP contribution in [-0.2, 0) is 9.53 Å². The number of hydrogen-bond donors (Lipinski definition) is 1. The van der Waals surface area contributed by atoms with Crippen molar-refractivity contribution in [2.45, 2.75) is 19.1 Å². The Bertz CT molecular complexity index is 631. The molecule has 1 aromatic carbocycles. The number of rotatable bonds is 7. The Morgan fingerprint density at radius 3 is 2.96 bits per heavy atom. The van der Waals surface area contributed by atoms with E-state index < -0.39 is 6.23 Å². The number of nitrogens with one attached hydrogen (secondary N) is 1. The summed E-state index contributed by atoms with van der Waals surface area (Å²) in [6, 6.07) is 5.10. The third kappa shape index (κ3) is 4.46. The number of morpholine rings is 1. The standard InChI is InChI=1S/C17H23N3O5/c1-23-13-2-3-14-15(12-13)25-17(20(14)22)4-6-18-16(21)5-7-19-8-10-24-11-9-19/h2-3,12,17H,4-11H2,1H3/p+1. The number of methoxy groups -OCH3 is 1. The van der Waals surface area contributed by atoms with Crippen LogP contribution in [0.2, 0.25) is 0 Å². The third-order valence-electron chi connectivity index (χ3n) is 4.40. The zero-order valence-corrected chi connectivity index (χ0v) is 14.4. The predicted molar refractivity (Wildman–Crippen MR) is 90.2 cm³/mol. The first-order chi connectivity index (χ1) is 12.2. The third-order valence-corrected chi connectivity index (χ3v) is 4.40. The molecular weight excluding hydrogens is 326 g/mol. The molecule has 25 heavy (non-hydrogen) atoms. The van der Waals surface area contributed by atoms with Crippen LogP contribution in [0.4, 0.5) is 5.69 Å². The smallest absolute Gasteiger partial charge is 0.352 e. The Balaban J connectivity index is 1.39. The summed E-state index contributed by atoms with van der Waals surface area (Å²) in [6.45, 7) is 4.33. The highest BCUT2D eigenvalue weighted by atomic mass is 16.5. The van der Waals surface area contributed by atoms with Gasteiger partial charge in [0.15, 0.2) is 0 Å². The van der Waals surface area contributed by atoms with E-state index in [1.807, 2.05) is 0 Å². The van der Waals surface area contributed by atoms with Crippen molar-refractivity contribution in [1.29, 1.82) is 0 Å². The lowest BCUT2D eigenvalue weighted by atomic mass is 10.3. The number of fused-ring (bicyclic) bond motifs is 1. The summed E-state index contributed by atoms with van der Waals surface area (Å²) in [7, 11) is 1.57. The van der Waals surface area contributed by atoms with Crippen molar-refractivity contribution in [2.24, 2.45) is 0 Å². The number of carbonyl (C=O) groups excluding carboxylic acids is 1. The van der Waals surface area contributed by atoms with Gasteiger partial charge in [-0.2, -0.15) is 0 Å². The van der Waals surface area contributed by atoms with E-state index in [2.05, 4.69) is 10.2 Å². The van der Waals surface area contributed by atoms with E-state index in [-0.39, 0.29) is 5.91 Å². The molecular formula is C17H24N3O5+. The summed E-state index contributed by atoms with van der Waals surface area (Å²) in [5.41, 5.74) is 0.490. The van der Waals surface area contributed by atoms with Crippen LogP contribution >= 0.6 is 0 Å². The monoisotopic (exact) mass is 350 g/mol. The maximum Gasteiger partial charge on any atom is 0.352 e. The molecule has 1 saturated heterocycles. The molecule has 0 spiro atoms. The van der Waals surface area contributed by atoms with Crippen LogP contribution in [0.3, 0.4) is 0 Å². The van der Waals surface area contributed by atoms with Gasteiger partial charge in [-0.1, -0.05) is 0 Å². The van der Waals surface area contributed by atoms with Gasteiger partial charge < -0.3 is 19.5 Å². The fourth-order valence-corrected chi connectivity index (χ4v) is 2.93. The Hall–Kier alpha value is -2.19. The molecule has 1 fully saturated rings. The van der Waals surface area contributed by atoms with E-state index in [0.29, 0.717) is 36.6 Å². The fraction of sp³-hybridized carbons (Fsp3) is 0.588. The second-order valence-electron chi connectivity index (χ2n) is 6.07. The highest BCUT2D eigenvalue weighted by Gasteiger charge is 2.40. The van der Waals surface area contributed by atoms with Gasteiger partial charge >= 0.3 is 11.9 Å². The van der Waals surface area contributed by atoms with E-state index in [9.17, 15) is 9.70 Å². The first kappa shape index (κ1) is 17.6. The van der Waals surface area contributed by atoms with Gasteiger partial charge in [-0.25, -0.2) is 0 Å². The minimum absolute atomic E-state index is 0.0129. The van der Waals surface area contributed by atoms with Gasteiger partial charge in [0, 0.05) is 49.6 Å². The molecule has 2 heterocycles. The number of hydrogen-bond acceptors (Lipinski definition) is 6. The Labute approximate surface area is 146 Å². The highest BCUT2D eigenvalue weighted by Crippen LogP contribution is 2.38.